The van der Waals surface area contributed by atoms with Crippen LogP contribution >= 0.6 is 11.6 Å². The average molecular weight is 314 g/mol. The number of hydrogen-bond acceptors (Lipinski definition) is 2. The smallest absolute Gasteiger partial charge is 0.245 e. The second-order valence-electron chi connectivity index (χ2n) is 5.16. The van der Waals surface area contributed by atoms with Crippen molar-refractivity contribution in [2.24, 2.45) is 0 Å². The standard InChI is InChI=1S/C14H14ClF2N3O/c1-19-5-3-10(14(19)21)20-11-7-8(16)6-9(17)13(11)18-12(20)2-4-15/h6-7,10H,2-5H2,1H3. The van der Waals surface area contributed by atoms with Crippen LogP contribution in [0.2, 0.25) is 0 Å². The van der Waals surface area contributed by atoms with E-state index in [4.69, 9.17) is 11.6 Å². The Balaban J connectivity index is 2.23. The molecule has 0 spiro atoms. The number of likely N-dealkylation sites (tertiary alicyclic amines) is 1. The van der Waals surface area contributed by atoms with Crippen LogP contribution in [-0.4, -0.2) is 39.8 Å². The third-order valence-corrected chi connectivity index (χ3v) is 4.00. The van der Waals surface area contributed by atoms with Gasteiger partial charge in [0.05, 0.1) is 5.52 Å². The number of aryl methyl sites for hydroxylation is 1. The number of carbonyl (C=O) groups excluding carboxylic acids is 1. The van der Waals surface area contributed by atoms with Crippen LogP contribution < -0.4 is 0 Å². The Labute approximate surface area is 125 Å². The Bertz CT molecular complexity index is 716. The molecule has 0 N–H and O–H groups in total. The molecule has 2 heterocycles. The number of imidazole rings is 1. The summed E-state index contributed by atoms with van der Waals surface area (Å²) in [5.41, 5.74) is 0.389. The van der Waals surface area contributed by atoms with Crippen LogP contribution in [0.5, 0.6) is 0 Å². The Hall–Kier alpha value is -1.69. The van der Waals surface area contributed by atoms with Crippen molar-refractivity contribution < 1.29 is 13.6 Å². The molecule has 3 rings (SSSR count). The van der Waals surface area contributed by atoms with E-state index in [-0.39, 0.29) is 11.4 Å². The molecule has 7 heteroatoms. The number of alkyl halides is 1. The Morgan fingerprint density at radius 1 is 1.43 bits per heavy atom. The fraction of sp³-hybridized carbons (Fsp3) is 0.429. The topological polar surface area (TPSA) is 38.1 Å². The lowest BCUT2D eigenvalue weighted by atomic mass is 10.2. The number of amides is 1. The minimum Gasteiger partial charge on any atom is -0.344 e. The molecule has 0 aliphatic carbocycles. The zero-order valence-corrected chi connectivity index (χ0v) is 12.2. The highest BCUT2D eigenvalue weighted by molar-refractivity contribution is 6.17. The van der Waals surface area contributed by atoms with Gasteiger partial charge in [-0.2, -0.15) is 0 Å². The summed E-state index contributed by atoms with van der Waals surface area (Å²) in [4.78, 5) is 18.1. The summed E-state index contributed by atoms with van der Waals surface area (Å²) >= 11 is 5.76. The van der Waals surface area contributed by atoms with Gasteiger partial charge in [-0.25, -0.2) is 13.8 Å². The largest absolute Gasteiger partial charge is 0.344 e. The van der Waals surface area contributed by atoms with Gasteiger partial charge in [0, 0.05) is 38.0 Å². The number of carbonyl (C=O) groups is 1. The van der Waals surface area contributed by atoms with E-state index in [9.17, 15) is 13.6 Å². The summed E-state index contributed by atoms with van der Waals surface area (Å²) in [6.45, 7) is 0.612. The SMILES string of the molecule is CN1CCC(n2c(CCCl)nc3c(F)cc(F)cc32)C1=O. The second-order valence-corrected chi connectivity index (χ2v) is 5.53. The van der Waals surface area contributed by atoms with Gasteiger partial charge in [0.1, 0.15) is 23.2 Å². The molecule has 1 aromatic heterocycles. The van der Waals surface area contributed by atoms with Crippen LogP contribution in [0.4, 0.5) is 8.78 Å². The van der Waals surface area contributed by atoms with E-state index in [0.717, 1.165) is 6.07 Å². The normalized spacial score (nSPS) is 19.0. The summed E-state index contributed by atoms with van der Waals surface area (Å²) in [5, 5.41) is 0. The highest BCUT2D eigenvalue weighted by Gasteiger charge is 2.33. The van der Waals surface area contributed by atoms with Gasteiger partial charge in [0.25, 0.3) is 0 Å². The first kappa shape index (κ1) is 14.3. The Morgan fingerprint density at radius 2 is 2.19 bits per heavy atom. The molecule has 0 bridgehead atoms. The minimum absolute atomic E-state index is 0.0743. The van der Waals surface area contributed by atoms with Crippen molar-refractivity contribution in [3.8, 4) is 0 Å². The molecular weight excluding hydrogens is 300 g/mol. The maximum Gasteiger partial charge on any atom is 0.245 e. The molecule has 1 aliphatic heterocycles. The van der Waals surface area contributed by atoms with Gasteiger partial charge in [-0.3, -0.25) is 4.79 Å². The lowest BCUT2D eigenvalue weighted by Gasteiger charge is -2.15. The molecule has 112 valence electrons. The fourth-order valence-electron chi connectivity index (χ4n) is 2.82. The van der Waals surface area contributed by atoms with Crippen molar-refractivity contribution in [1.82, 2.24) is 14.5 Å². The Morgan fingerprint density at radius 3 is 2.81 bits per heavy atom. The number of benzene rings is 1. The van der Waals surface area contributed by atoms with Crippen LogP contribution in [0, 0.1) is 11.6 Å². The number of likely N-dealkylation sites (N-methyl/N-ethyl adjacent to an activating group) is 1. The molecule has 1 unspecified atom stereocenters. The van der Waals surface area contributed by atoms with E-state index < -0.39 is 17.7 Å². The lowest BCUT2D eigenvalue weighted by molar-refractivity contribution is -0.129. The molecule has 1 aliphatic rings. The zero-order valence-electron chi connectivity index (χ0n) is 11.4. The van der Waals surface area contributed by atoms with Crippen molar-refractivity contribution in [2.75, 3.05) is 19.5 Å². The van der Waals surface area contributed by atoms with Crippen molar-refractivity contribution >= 4 is 28.5 Å². The highest BCUT2D eigenvalue weighted by atomic mass is 35.5. The van der Waals surface area contributed by atoms with Gasteiger partial charge in [0.2, 0.25) is 5.91 Å². The van der Waals surface area contributed by atoms with E-state index in [1.165, 1.54) is 6.07 Å². The highest BCUT2D eigenvalue weighted by Crippen LogP contribution is 2.30. The van der Waals surface area contributed by atoms with Gasteiger partial charge < -0.3 is 9.47 Å². The molecule has 0 saturated carbocycles. The van der Waals surface area contributed by atoms with Crippen LogP contribution in [0.15, 0.2) is 12.1 Å². The molecule has 1 fully saturated rings. The number of nitrogens with zero attached hydrogens (tertiary/aromatic N) is 3. The van der Waals surface area contributed by atoms with Crippen molar-refractivity contribution in [3.05, 3.63) is 29.6 Å². The summed E-state index contributed by atoms with van der Waals surface area (Å²) < 4.78 is 29.1. The maximum absolute atomic E-state index is 13.9. The van der Waals surface area contributed by atoms with Crippen LogP contribution in [0.1, 0.15) is 18.3 Å². The fourth-order valence-corrected chi connectivity index (χ4v) is 2.99. The molecule has 1 saturated heterocycles. The third-order valence-electron chi connectivity index (χ3n) is 3.82. The van der Waals surface area contributed by atoms with E-state index in [0.29, 0.717) is 36.6 Å². The molecule has 4 nitrogen and oxygen atoms in total. The zero-order chi connectivity index (χ0) is 15.1. The predicted molar refractivity (Wildman–Crippen MR) is 75.4 cm³/mol. The molecular formula is C14H14ClF2N3O. The van der Waals surface area contributed by atoms with Crippen LogP contribution in [0.25, 0.3) is 11.0 Å². The monoisotopic (exact) mass is 313 g/mol. The molecule has 1 aromatic carbocycles. The van der Waals surface area contributed by atoms with Gasteiger partial charge >= 0.3 is 0 Å². The lowest BCUT2D eigenvalue weighted by Crippen LogP contribution is -2.25. The van der Waals surface area contributed by atoms with E-state index in [2.05, 4.69) is 4.98 Å². The Kier molecular flexibility index (Phi) is 3.57. The van der Waals surface area contributed by atoms with E-state index >= 15 is 0 Å². The van der Waals surface area contributed by atoms with Crippen LogP contribution in [0.3, 0.4) is 0 Å². The number of halogens is 3. The van der Waals surface area contributed by atoms with Crippen molar-refractivity contribution in [1.29, 1.82) is 0 Å². The summed E-state index contributed by atoms with van der Waals surface area (Å²) in [6.07, 6.45) is 0.985. The van der Waals surface area contributed by atoms with Gasteiger partial charge in [-0.05, 0) is 6.42 Å². The molecule has 1 amide bonds. The minimum atomic E-state index is -0.724. The van der Waals surface area contributed by atoms with Crippen molar-refractivity contribution in [2.45, 2.75) is 18.9 Å². The summed E-state index contributed by atoms with van der Waals surface area (Å²) in [5.74, 6) is -0.673. The van der Waals surface area contributed by atoms with E-state index in [1.807, 2.05) is 0 Å². The summed E-state index contributed by atoms with van der Waals surface area (Å²) in [6, 6.07) is 1.54. The number of hydrogen-bond donors (Lipinski definition) is 0. The number of fused-ring (bicyclic) bond motifs is 1. The summed E-state index contributed by atoms with van der Waals surface area (Å²) in [7, 11) is 1.71. The number of rotatable bonds is 3. The number of aromatic nitrogens is 2. The van der Waals surface area contributed by atoms with Gasteiger partial charge in [0.15, 0.2) is 5.82 Å². The predicted octanol–water partition coefficient (Wildman–Crippen LogP) is 2.50. The first-order valence-corrected chi connectivity index (χ1v) is 7.23. The van der Waals surface area contributed by atoms with Crippen molar-refractivity contribution in [3.63, 3.8) is 0 Å². The second kappa shape index (κ2) is 5.26. The maximum atomic E-state index is 13.9. The molecule has 21 heavy (non-hydrogen) atoms. The molecule has 0 radical (unpaired) electrons. The third kappa shape index (κ3) is 2.27. The first-order valence-electron chi connectivity index (χ1n) is 6.69. The van der Waals surface area contributed by atoms with Gasteiger partial charge in [-0.1, -0.05) is 0 Å². The van der Waals surface area contributed by atoms with Crippen LogP contribution in [-0.2, 0) is 11.2 Å². The average Bonchev–Trinajstić information content (AvgIpc) is 2.93. The van der Waals surface area contributed by atoms with Gasteiger partial charge in [-0.15, -0.1) is 11.6 Å². The molecule has 1 atom stereocenters. The quantitative estimate of drug-likeness (QED) is 0.817. The van der Waals surface area contributed by atoms with E-state index in [1.54, 1.807) is 16.5 Å². The first-order chi connectivity index (χ1) is 10.0. The molecule has 2 aromatic rings.